The van der Waals surface area contributed by atoms with Crippen molar-refractivity contribution in [2.75, 3.05) is 5.32 Å². The number of fused-ring (bicyclic) bond motifs is 1. The van der Waals surface area contributed by atoms with Gasteiger partial charge in [-0.25, -0.2) is 4.98 Å². The van der Waals surface area contributed by atoms with Crippen molar-refractivity contribution in [2.45, 2.75) is 6.92 Å². The van der Waals surface area contributed by atoms with E-state index in [9.17, 15) is 4.79 Å². The maximum atomic E-state index is 12.1. The third-order valence-electron chi connectivity index (χ3n) is 2.83. The largest absolute Gasteiger partial charge is 0.334 e. The van der Waals surface area contributed by atoms with Crippen LogP contribution in [0.5, 0.6) is 0 Å². The lowest BCUT2D eigenvalue weighted by Gasteiger charge is -2.03. The van der Waals surface area contributed by atoms with Crippen LogP contribution in [0.1, 0.15) is 16.1 Å². The van der Waals surface area contributed by atoms with Crippen LogP contribution in [0.15, 0.2) is 40.9 Å². The van der Waals surface area contributed by atoms with Gasteiger partial charge in [-0.05, 0) is 31.2 Å². The van der Waals surface area contributed by atoms with Gasteiger partial charge >= 0.3 is 0 Å². The zero-order valence-corrected chi connectivity index (χ0v) is 11.3. The first-order chi connectivity index (χ1) is 9.65. The molecule has 0 aliphatic heterocycles. The second-order valence-corrected chi connectivity index (χ2v) is 4.68. The predicted octanol–water partition coefficient (Wildman–Crippen LogP) is 3.44. The smallest absolute Gasteiger partial charge is 0.260 e. The maximum absolute atomic E-state index is 12.1. The molecule has 5 nitrogen and oxygen atoms in total. The highest BCUT2D eigenvalue weighted by Gasteiger charge is 2.15. The van der Waals surface area contributed by atoms with E-state index in [1.165, 1.54) is 0 Å². The van der Waals surface area contributed by atoms with Gasteiger partial charge in [0.05, 0.1) is 16.0 Å². The number of benzene rings is 1. The molecule has 1 amide bonds. The molecule has 0 spiro atoms. The van der Waals surface area contributed by atoms with Crippen LogP contribution in [-0.2, 0) is 0 Å². The van der Waals surface area contributed by atoms with Crippen LogP contribution in [0.3, 0.4) is 0 Å². The molecule has 3 aromatic rings. The van der Waals surface area contributed by atoms with Crippen molar-refractivity contribution in [3.8, 4) is 0 Å². The van der Waals surface area contributed by atoms with Gasteiger partial charge in [-0.2, -0.15) is 0 Å². The molecule has 0 radical (unpaired) electrons. The first kappa shape index (κ1) is 12.6. The average Bonchev–Trinajstić information content (AvgIpc) is 2.81. The van der Waals surface area contributed by atoms with Crippen LogP contribution < -0.4 is 5.32 Å². The van der Waals surface area contributed by atoms with E-state index in [1.54, 1.807) is 30.3 Å². The maximum Gasteiger partial charge on any atom is 0.260 e. The topological polar surface area (TPSA) is 68.0 Å². The van der Waals surface area contributed by atoms with Crippen LogP contribution in [0.2, 0.25) is 5.02 Å². The van der Waals surface area contributed by atoms with Gasteiger partial charge in [0.15, 0.2) is 5.82 Å². The Balaban J connectivity index is 1.94. The SMILES string of the molecule is Cc1ccc2c(NC(=O)c3ccccc3Cl)noc2n1. The minimum atomic E-state index is -0.341. The van der Waals surface area contributed by atoms with Gasteiger partial charge in [0.2, 0.25) is 0 Å². The van der Waals surface area contributed by atoms with Crippen LogP contribution in [0.25, 0.3) is 11.1 Å². The van der Waals surface area contributed by atoms with Gasteiger partial charge in [0.1, 0.15) is 0 Å². The van der Waals surface area contributed by atoms with Crippen molar-refractivity contribution in [2.24, 2.45) is 0 Å². The van der Waals surface area contributed by atoms with E-state index in [-0.39, 0.29) is 5.91 Å². The molecule has 0 unspecified atom stereocenters. The average molecular weight is 288 g/mol. The van der Waals surface area contributed by atoms with Gasteiger partial charge in [-0.1, -0.05) is 28.9 Å². The number of halogens is 1. The molecular formula is C14H10ClN3O2. The molecule has 2 heterocycles. The summed E-state index contributed by atoms with van der Waals surface area (Å²) in [7, 11) is 0. The molecule has 0 bridgehead atoms. The van der Waals surface area contributed by atoms with E-state index in [4.69, 9.17) is 16.1 Å². The number of rotatable bonds is 2. The lowest BCUT2D eigenvalue weighted by atomic mass is 10.2. The number of carbonyl (C=O) groups excluding carboxylic acids is 1. The highest BCUT2D eigenvalue weighted by atomic mass is 35.5. The van der Waals surface area contributed by atoms with Gasteiger partial charge in [-0.15, -0.1) is 0 Å². The fraction of sp³-hybridized carbons (Fsp3) is 0.0714. The van der Waals surface area contributed by atoms with Crippen molar-refractivity contribution < 1.29 is 9.32 Å². The Morgan fingerprint density at radius 2 is 2.05 bits per heavy atom. The van der Waals surface area contributed by atoms with Crippen molar-refractivity contribution in [1.82, 2.24) is 10.1 Å². The molecule has 0 atom stereocenters. The number of pyridine rings is 1. The quantitative estimate of drug-likeness (QED) is 0.784. The summed E-state index contributed by atoms with van der Waals surface area (Å²) in [4.78, 5) is 16.3. The number of hydrogen-bond donors (Lipinski definition) is 1. The van der Waals surface area contributed by atoms with Crippen molar-refractivity contribution >= 4 is 34.4 Å². The van der Waals surface area contributed by atoms with Gasteiger partial charge < -0.3 is 9.84 Å². The van der Waals surface area contributed by atoms with Gasteiger partial charge in [0, 0.05) is 5.69 Å². The zero-order valence-electron chi connectivity index (χ0n) is 10.6. The highest BCUT2D eigenvalue weighted by molar-refractivity contribution is 6.34. The second kappa shape index (κ2) is 4.94. The van der Waals surface area contributed by atoms with Gasteiger partial charge in [-0.3, -0.25) is 4.79 Å². The van der Waals surface area contributed by atoms with E-state index in [2.05, 4.69) is 15.5 Å². The number of aromatic nitrogens is 2. The number of nitrogens with zero attached hydrogens (tertiary/aromatic N) is 2. The zero-order chi connectivity index (χ0) is 14.1. The number of hydrogen-bond acceptors (Lipinski definition) is 4. The summed E-state index contributed by atoms with van der Waals surface area (Å²) in [5.41, 5.74) is 1.59. The van der Waals surface area contributed by atoms with Crippen molar-refractivity contribution in [3.63, 3.8) is 0 Å². The Kier molecular flexibility index (Phi) is 3.12. The second-order valence-electron chi connectivity index (χ2n) is 4.27. The molecule has 1 N–H and O–H groups in total. The van der Waals surface area contributed by atoms with Crippen LogP contribution in [-0.4, -0.2) is 16.0 Å². The molecule has 20 heavy (non-hydrogen) atoms. The number of carbonyl (C=O) groups is 1. The molecule has 0 fully saturated rings. The van der Waals surface area contributed by atoms with Crippen LogP contribution in [0.4, 0.5) is 5.82 Å². The highest BCUT2D eigenvalue weighted by Crippen LogP contribution is 2.23. The van der Waals surface area contributed by atoms with E-state index in [1.807, 2.05) is 13.0 Å². The monoisotopic (exact) mass is 287 g/mol. The Morgan fingerprint density at radius 1 is 1.25 bits per heavy atom. The fourth-order valence-corrected chi connectivity index (χ4v) is 2.05. The van der Waals surface area contributed by atoms with E-state index >= 15 is 0 Å². The van der Waals surface area contributed by atoms with Gasteiger partial charge in [0.25, 0.3) is 11.6 Å². The Bertz CT molecular complexity index is 798. The van der Waals surface area contributed by atoms with Crippen LogP contribution in [0, 0.1) is 6.92 Å². The first-order valence-corrected chi connectivity index (χ1v) is 6.32. The lowest BCUT2D eigenvalue weighted by Crippen LogP contribution is -2.12. The number of aryl methyl sites for hydroxylation is 1. The molecule has 1 aromatic carbocycles. The molecule has 2 aromatic heterocycles. The Labute approximate surface area is 119 Å². The molecule has 100 valence electrons. The summed E-state index contributed by atoms with van der Waals surface area (Å²) in [5, 5.41) is 7.52. The molecule has 6 heteroatoms. The van der Waals surface area contributed by atoms with Crippen molar-refractivity contribution in [1.29, 1.82) is 0 Å². The van der Waals surface area contributed by atoms with Crippen LogP contribution >= 0.6 is 11.6 Å². The molecule has 0 aliphatic rings. The normalized spacial score (nSPS) is 10.7. The summed E-state index contributed by atoms with van der Waals surface area (Å²) < 4.78 is 5.09. The fourth-order valence-electron chi connectivity index (χ4n) is 1.83. The third kappa shape index (κ3) is 2.23. The third-order valence-corrected chi connectivity index (χ3v) is 3.16. The summed E-state index contributed by atoms with van der Waals surface area (Å²) >= 11 is 5.98. The Hall–Kier alpha value is -2.40. The summed E-state index contributed by atoms with van der Waals surface area (Å²) in [6, 6.07) is 10.4. The Morgan fingerprint density at radius 3 is 2.85 bits per heavy atom. The van der Waals surface area contributed by atoms with E-state index in [0.29, 0.717) is 27.5 Å². The summed E-state index contributed by atoms with van der Waals surface area (Å²) in [5.74, 6) is -0.0104. The molecule has 3 rings (SSSR count). The van der Waals surface area contributed by atoms with E-state index < -0.39 is 0 Å². The summed E-state index contributed by atoms with van der Waals surface area (Å²) in [6.07, 6.45) is 0. The lowest BCUT2D eigenvalue weighted by molar-refractivity contribution is 0.102. The standard InChI is InChI=1S/C14H10ClN3O2/c1-8-6-7-10-12(18-20-14(10)16-8)17-13(19)9-4-2-3-5-11(9)15/h2-7H,1H3,(H,17,18,19). The molecule has 0 aliphatic carbocycles. The first-order valence-electron chi connectivity index (χ1n) is 5.94. The minimum Gasteiger partial charge on any atom is -0.334 e. The van der Waals surface area contributed by atoms with E-state index in [0.717, 1.165) is 5.69 Å². The number of anilines is 1. The molecular weight excluding hydrogens is 278 g/mol. The minimum absolute atomic E-state index is 0.331. The predicted molar refractivity (Wildman–Crippen MR) is 75.9 cm³/mol. The summed E-state index contributed by atoms with van der Waals surface area (Å²) in [6.45, 7) is 1.85. The number of nitrogens with one attached hydrogen (secondary N) is 1. The van der Waals surface area contributed by atoms with Crippen molar-refractivity contribution in [3.05, 3.63) is 52.7 Å². The molecule has 0 saturated carbocycles. The molecule has 0 saturated heterocycles. The number of amides is 1.